The molecule has 2 nitrogen and oxygen atoms in total. The number of benzene rings is 1. The molecule has 0 bridgehead atoms. The minimum absolute atomic E-state index is 0.0544. The van der Waals surface area contributed by atoms with Gasteiger partial charge in [0.1, 0.15) is 0 Å². The van der Waals surface area contributed by atoms with E-state index >= 15 is 0 Å². The first kappa shape index (κ1) is 18.3. The third kappa shape index (κ3) is 4.36. The monoisotopic (exact) mass is 385 g/mol. The lowest BCUT2D eigenvalue weighted by Gasteiger charge is -2.31. The smallest absolute Gasteiger partial charge is 0.345 e. The molecular formula is C14H16BrClF3NO. The zero-order valence-electron chi connectivity index (χ0n) is 11.7. The van der Waals surface area contributed by atoms with Gasteiger partial charge >= 0.3 is 6.18 Å². The molecule has 1 rings (SSSR count). The second-order valence-electron chi connectivity index (χ2n) is 4.77. The van der Waals surface area contributed by atoms with Crippen LogP contribution in [0.15, 0.2) is 22.7 Å². The second-order valence-corrected chi connectivity index (χ2v) is 5.89. The zero-order chi connectivity index (χ0) is 16.3. The Kier molecular flexibility index (Phi) is 6.11. The first-order valence-corrected chi connectivity index (χ1v) is 7.77. The van der Waals surface area contributed by atoms with Crippen molar-refractivity contribution in [2.45, 2.75) is 38.4 Å². The molecule has 0 aliphatic rings. The molecule has 118 valence electrons. The second kappa shape index (κ2) is 7.01. The summed E-state index contributed by atoms with van der Waals surface area (Å²) in [5, 5.41) is 2.75. The lowest BCUT2D eigenvalue weighted by atomic mass is 9.94. The molecule has 0 saturated carbocycles. The maximum absolute atomic E-state index is 12.7. The minimum atomic E-state index is -4.49. The first-order valence-electron chi connectivity index (χ1n) is 6.44. The Morgan fingerprint density at radius 2 is 1.86 bits per heavy atom. The van der Waals surface area contributed by atoms with E-state index in [0.29, 0.717) is 17.3 Å². The summed E-state index contributed by atoms with van der Waals surface area (Å²) in [7, 11) is 0. The molecule has 1 aromatic rings. The van der Waals surface area contributed by atoms with E-state index in [0.717, 1.165) is 12.1 Å². The predicted octanol–water partition coefficient (Wildman–Crippen LogP) is 5.00. The number of amides is 1. The number of rotatable bonds is 5. The van der Waals surface area contributed by atoms with Gasteiger partial charge in [-0.05, 0) is 47.0 Å². The molecule has 1 aromatic carbocycles. The maximum atomic E-state index is 12.7. The molecule has 0 spiro atoms. The van der Waals surface area contributed by atoms with Crippen molar-refractivity contribution < 1.29 is 18.0 Å². The number of carbonyl (C=O) groups is 1. The summed E-state index contributed by atoms with van der Waals surface area (Å²) >= 11 is 9.00. The molecule has 0 aliphatic heterocycles. The fourth-order valence-corrected chi connectivity index (χ4v) is 2.70. The van der Waals surface area contributed by atoms with Gasteiger partial charge in [-0.1, -0.05) is 13.8 Å². The third-order valence-electron chi connectivity index (χ3n) is 3.53. The van der Waals surface area contributed by atoms with Crippen molar-refractivity contribution in [1.29, 1.82) is 0 Å². The van der Waals surface area contributed by atoms with E-state index in [4.69, 9.17) is 11.6 Å². The highest BCUT2D eigenvalue weighted by molar-refractivity contribution is 9.10. The molecular weight excluding hydrogens is 371 g/mol. The van der Waals surface area contributed by atoms with Gasteiger partial charge in [-0.15, -0.1) is 11.6 Å². The van der Waals surface area contributed by atoms with Crippen LogP contribution in [0.25, 0.3) is 0 Å². The van der Waals surface area contributed by atoms with Gasteiger partial charge in [-0.2, -0.15) is 13.2 Å². The van der Waals surface area contributed by atoms with Gasteiger partial charge in [-0.25, -0.2) is 0 Å². The van der Waals surface area contributed by atoms with Crippen LogP contribution in [0, 0.1) is 0 Å². The van der Waals surface area contributed by atoms with Crippen LogP contribution in [-0.2, 0) is 6.18 Å². The van der Waals surface area contributed by atoms with E-state index in [1.165, 1.54) is 6.07 Å². The Labute approximate surface area is 135 Å². The highest BCUT2D eigenvalue weighted by Crippen LogP contribution is 2.32. The molecule has 7 heteroatoms. The van der Waals surface area contributed by atoms with Crippen LogP contribution in [-0.4, -0.2) is 17.3 Å². The standard InChI is InChI=1S/C14H16BrClF3NO/c1-3-13(4-2,8-16)20-12(21)10-7-9(14(17,18)19)5-6-11(10)15/h5-7H,3-4,8H2,1-2H3,(H,20,21). The van der Waals surface area contributed by atoms with Gasteiger partial charge < -0.3 is 5.32 Å². The number of hydrogen-bond donors (Lipinski definition) is 1. The van der Waals surface area contributed by atoms with Gasteiger partial charge in [0.25, 0.3) is 5.91 Å². The van der Waals surface area contributed by atoms with E-state index in [2.05, 4.69) is 21.2 Å². The van der Waals surface area contributed by atoms with Gasteiger partial charge in [0.05, 0.1) is 16.7 Å². The fourth-order valence-electron chi connectivity index (χ4n) is 1.83. The summed E-state index contributed by atoms with van der Waals surface area (Å²) in [6, 6.07) is 2.98. The third-order valence-corrected chi connectivity index (χ3v) is 4.73. The number of carbonyl (C=O) groups excluding carboxylic acids is 1. The summed E-state index contributed by atoms with van der Waals surface area (Å²) in [5.41, 5.74) is -1.53. The lowest BCUT2D eigenvalue weighted by molar-refractivity contribution is -0.137. The molecule has 1 N–H and O–H groups in total. The van der Waals surface area contributed by atoms with Crippen molar-refractivity contribution in [3.8, 4) is 0 Å². The van der Waals surface area contributed by atoms with Gasteiger partial charge in [0.15, 0.2) is 0 Å². The molecule has 0 radical (unpaired) electrons. The Morgan fingerprint density at radius 1 is 1.29 bits per heavy atom. The normalized spacial score (nSPS) is 12.3. The van der Waals surface area contributed by atoms with Crippen molar-refractivity contribution >= 4 is 33.4 Å². The predicted molar refractivity (Wildman–Crippen MR) is 80.6 cm³/mol. The van der Waals surface area contributed by atoms with E-state index in [1.807, 2.05) is 13.8 Å². The van der Waals surface area contributed by atoms with E-state index in [1.54, 1.807) is 0 Å². The average molecular weight is 387 g/mol. The van der Waals surface area contributed by atoms with Gasteiger partial charge in [0, 0.05) is 10.4 Å². The molecule has 21 heavy (non-hydrogen) atoms. The van der Waals surface area contributed by atoms with E-state index in [9.17, 15) is 18.0 Å². The lowest BCUT2D eigenvalue weighted by Crippen LogP contribution is -2.49. The van der Waals surface area contributed by atoms with Crippen LogP contribution in [0.3, 0.4) is 0 Å². The Morgan fingerprint density at radius 3 is 2.29 bits per heavy atom. The van der Waals surface area contributed by atoms with Gasteiger partial charge in [-0.3, -0.25) is 4.79 Å². The Bertz CT molecular complexity index is 507. The minimum Gasteiger partial charge on any atom is -0.345 e. The molecule has 0 saturated heterocycles. The van der Waals surface area contributed by atoms with Crippen LogP contribution >= 0.6 is 27.5 Å². The van der Waals surface area contributed by atoms with Crippen LogP contribution in [0.4, 0.5) is 13.2 Å². The highest BCUT2D eigenvalue weighted by Gasteiger charge is 2.33. The van der Waals surface area contributed by atoms with Crippen molar-refractivity contribution in [3.05, 3.63) is 33.8 Å². The molecule has 0 fully saturated rings. The molecule has 0 atom stereocenters. The first-order chi connectivity index (χ1) is 9.69. The highest BCUT2D eigenvalue weighted by atomic mass is 79.9. The van der Waals surface area contributed by atoms with Crippen molar-refractivity contribution in [1.82, 2.24) is 5.32 Å². The molecule has 0 aliphatic carbocycles. The summed E-state index contributed by atoms with van der Waals surface area (Å²) < 4.78 is 38.5. The van der Waals surface area contributed by atoms with Crippen LogP contribution in [0.1, 0.15) is 42.6 Å². The largest absolute Gasteiger partial charge is 0.416 e. The van der Waals surface area contributed by atoms with Crippen molar-refractivity contribution in [2.75, 3.05) is 5.88 Å². The molecule has 0 unspecified atom stereocenters. The van der Waals surface area contributed by atoms with Gasteiger partial charge in [0.2, 0.25) is 0 Å². The fraction of sp³-hybridized carbons (Fsp3) is 0.500. The van der Waals surface area contributed by atoms with Crippen molar-refractivity contribution in [3.63, 3.8) is 0 Å². The van der Waals surface area contributed by atoms with Crippen LogP contribution in [0.5, 0.6) is 0 Å². The SMILES string of the molecule is CCC(CC)(CCl)NC(=O)c1cc(C(F)(F)F)ccc1Br. The summed E-state index contributed by atoms with van der Waals surface area (Å²) in [5.74, 6) is -0.375. The van der Waals surface area contributed by atoms with Crippen LogP contribution < -0.4 is 5.32 Å². The number of nitrogens with one attached hydrogen (secondary N) is 1. The summed E-state index contributed by atoms with van der Waals surface area (Å²) in [6.45, 7) is 3.74. The Hall–Kier alpha value is -0.750. The van der Waals surface area contributed by atoms with E-state index < -0.39 is 23.2 Å². The quantitative estimate of drug-likeness (QED) is 0.709. The topological polar surface area (TPSA) is 29.1 Å². The number of halogens is 5. The van der Waals surface area contributed by atoms with Crippen LogP contribution in [0.2, 0.25) is 0 Å². The maximum Gasteiger partial charge on any atom is 0.416 e. The van der Waals surface area contributed by atoms with Crippen molar-refractivity contribution in [2.24, 2.45) is 0 Å². The molecule has 1 amide bonds. The Balaban J connectivity index is 3.13. The number of alkyl halides is 4. The molecule has 0 heterocycles. The summed E-state index contributed by atoms with van der Waals surface area (Å²) in [6.07, 6.45) is -3.31. The zero-order valence-corrected chi connectivity index (χ0v) is 14.0. The average Bonchev–Trinajstić information content (AvgIpc) is 2.44. The molecule has 0 aromatic heterocycles. The summed E-state index contributed by atoms with van der Waals surface area (Å²) in [4.78, 5) is 12.3. The van der Waals surface area contributed by atoms with E-state index in [-0.39, 0.29) is 11.4 Å². The number of hydrogen-bond acceptors (Lipinski definition) is 1.